The van der Waals surface area contributed by atoms with Crippen LogP contribution < -0.4 is 5.32 Å². The number of aliphatic hydroxyl groups excluding tert-OH is 1. The zero-order valence-corrected chi connectivity index (χ0v) is 14.4. The molecule has 1 atom stereocenters. The number of aliphatic hydroxyl groups is 1. The fourth-order valence-corrected chi connectivity index (χ4v) is 2.07. The molecule has 0 fully saturated rings. The van der Waals surface area contributed by atoms with E-state index >= 15 is 0 Å². The van der Waals surface area contributed by atoms with E-state index in [1.54, 1.807) is 0 Å². The van der Waals surface area contributed by atoms with E-state index in [1.165, 1.54) is 51.9 Å². The zero-order valence-electron chi connectivity index (χ0n) is 14.4. The molecule has 0 aliphatic carbocycles. The summed E-state index contributed by atoms with van der Waals surface area (Å²) in [5.74, 6) is 0.420. The van der Waals surface area contributed by atoms with Crippen molar-refractivity contribution >= 4 is 5.91 Å². The van der Waals surface area contributed by atoms with Crippen LogP contribution in [0.3, 0.4) is 0 Å². The molecule has 0 spiro atoms. The van der Waals surface area contributed by atoms with Gasteiger partial charge in [-0.1, -0.05) is 72.6 Å². The zero-order chi connectivity index (χ0) is 15.8. The van der Waals surface area contributed by atoms with Crippen molar-refractivity contribution in [3.8, 4) is 0 Å². The molecule has 0 rings (SSSR count). The van der Waals surface area contributed by atoms with Gasteiger partial charge in [0.2, 0.25) is 5.91 Å². The molecule has 0 aromatic carbocycles. The lowest BCUT2D eigenvalue weighted by molar-refractivity contribution is -0.120. The monoisotopic (exact) mass is 287 g/mol. The molecule has 20 heavy (non-hydrogen) atoms. The molecule has 3 heteroatoms. The average molecular weight is 287 g/mol. The highest BCUT2D eigenvalue weighted by Crippen LogP contribution is 2.05. The number of unbranched alkanes of at least 4 members (excludes halogenated alkanes) is 6. The van der Waals surface area contributed by atoms with E-state index in [0.717, 1.165) is 6.42 Å². The van der Waals surface area contributed by atoms with E-state index in [4.69, 9.17) is 5.11 Å². The first-order valence-corrected chi connectivity index (χ1v) is 8.35. The van der Waals surface area contributed by atoms with Crippen LogP contribution in [-0.4, -0.2) is 23.7 Å². The van der Waals surface area contributed by atoms with Crippen LogP contribution in [0.15, 0.2) is 0 Å². The molecule has 1 unspecified atom stereocenters. The Bertz CT molecular complexity index is 199. The van der Waals surface area contributed by atoms with E-state index in [0.29, 0.717) is 5.92 Å². The summed E-state index contributed by atoms with van der Waals surface area (Å²) in [6.07, 6.45) is 10.8. The minimum atomic E-state index is -0.0790. The van der Waals surface area contributed by atoms with E-state index in [-0.39, 0.29) is 18.6 Å². The first-order chi connectivity index (χ1) is 9.47. The van der Waals surface area contributed by atoms with Crippen molar-refractivity contribution in [1.82, 2.24) is 5.32 Å². The fourth-order valence-electron chi connectivity index (χ4n) is 2.07. The summed E-state index contributed by atoms with van der Waals surface area (Å²) in [5.41, 5.74) is 0. The van der Waals surface area contributed by atoms with Crippen molar-refractivity contribution in [2.24, 2.45) is 5.92 Å². The van der Waals surface area contributed by atoms with Gasteiger partial charge in [-0.3, -0.25) is 4.79 Å². The average Bonchev–Trinajstić information content (AvgIpc) is 2.37. The summed E-state index contributed by atoms with van der Waals surface area (Å²) in [6, 6.07) is -0.0764. The summed E-state index contributed by atoms with van der Waals surface area (Å²) < 4.78 is 0. The van der Waals surface area contributed by atoms with Crippen LogP contribution in [0.5, 0.6) is 0 Å². The highest BCUT2D eigenvalue weighted by molar-refractivity contribution is 5.73. The van der Waals surface area contributed by atoms with Crippen molar-refractivity contribution in [2.45, 2.75) is 92.0 Å². The molecule has 1 amide bonds. The maximum absolute atomic E-state index is 10.6. The summed E-state index contributed by atoms with van der Waals surface area (Å²) in [4.78, 5) is 10.6. The minimum Gasteiger partial charge on any atom is -0.394 e. The second-order valence-corrected chi connectivity index (χ2v) is 5.98. The summed E-state index contributed by atoms with van der Waals surface area (Å²) in [6.45, 7) is 10.1. The Balaban J connectivity index is 0. The maximum Gasteiger partial charge on any atom is 0.217 e. The van der Waals surface area contributed by atoms with E-state index < -0.39 is 0 Å². The molecule has 0 radical (unpaired) electrons. The van der Waals surface area contributed by atoms with Crippen molar-refractivity contribution in [3.05, 3.63) is 0 Å². The van der Waals surface area contributed by atoms with Crippen LogP contribution in [0.1, 0.15) is 86.0 Å². The van der Waals surface area contributed by atoms with Crippen LogP contribution in [0.4, 0.5) is 0 Å². The summed E-state index contributed by atoms with van der Waals surface area (Å²) >= 11 is 0. The Morgan fingerprint density at radius 2 is 1.45 bits per heavy atom. The molecule has 0 saturated carbocycles. The topological polar surface area (TPSA) is 49.3 Å². The van der Waals surface area contributed by atoms with Gasteiger partial charge in [-0.05, 0) is 12.3 Å². The SMILES string of the molecule is CC(=O)NC(CO)CC(C)C.CCCCCCCCC. The van der Waals surface area contributed by atoms with Crippen LogP contribution >= 0.6 is 0 Å². The lowest BCUT2D eigenvalue weighted by atomic mass is 10.0. The Labute approximate surface area is 126 Å². The molecule has 0 saturated heterocycles. The van der Waals surface area contributed by atoms with Crippen molar-refractivity contribution in [3.63, 3.8) is 0 Å². The molecule has 0 aromatic rings. The Hall–Kier alpha value is -0.570. The molecule has 0 bridgehead atoms. The third-order valence-corrected chi connectivity index (χ3v) is 3.09. The van der Waals surface area contributed by atoms with Gasteiger partial charge < -0.3 is 10.4 Å². The molecule has 122 valence electrons. The van der Waals surface area contributed by atoms with Crippen LogP contribution in [0, 0.1) is 5.92 Å². The van der Waals surface area contributed by atoms with Crippen LogP contribution in [0.25, 0.3) is 0 Å². The number of carbonyl (C=O) groups excluding carboxylic acids is 1. The Kier molecular flexibility index (Phi) is 17.9. The third kappa shape index (κ3) is 19.8. The molecule has 0 aromatic heterocycles. The molecule has 3 nitrogen and oxygen atoms in total. The smallest absolute Gasteiger partial charge is 0.217 e. The van der Waals surface area contributed by atoms with Crippen molar-refractivity contribution in [1.29, 1.82) is 0 Å². The quantitative estimate of drug-likeness (QED) is 0.589. The van der Waals surface area contributed by atoms with Crippen LogP contribution in [-0.2, 0) is 4.79 Å². The normalized spacial score (nSPS) is 11.8. The maximum atomic E-state index is 10.6. The summed E-state index contributed by atoms with van der Waals surface area (Å²) in [7, 11) is 0. The highest BCUT2D eigenvalue weighted by Gasteiger charge is 2.09. The van der Waals surface area contributed by atoms with E-state index in [1.807, 2.05) is 0 Å². The van der Waals surface area contributed by atoms with Crippen molar-refractivity contribution < 1.29 is 9.90 Å². The number of hydrogen-bond donors (Lipinski definition) is 2. The second kappa shape index (κ2) is 16.5. The third-order valence-electron chi connectivity index (χ3n) is 3.09. The predicted molar refractivity (Wildman–Crippen MR) is 87.8 cm³/mol. The Morgan fingerprint density at radius 3 is 1.75 bits per heavy atom. The van der Waals surface area contributed by atoms with E-state index in [9.17, 15) is 4.79 Å². The molecular formula is C17H37NO2. The number of rotatable bonds is 10. The minimum absolute atomic E-state index is 0.0256. The standard InChI is InChI=1S/C9H20.C8H17NO2/c1-3-5-7-9-8-6-4-2;1-6(2)4-8(5-10)9-7(3)11/h3-9H2,1-2H3;6,8,10H,4-5H2,1-3H3,(H,9,11). The van der Waals surface area contributed by atoms with Gasteiger partial charge >= 0.3 is 0 Å². The van der Waals surface area contributed by atoms with Gasteiger partial charge in [0.15, 0.2) is 0 Å². The van der Waals surface area contributed by atoms with Crippen LogP contribution in [0.2, 0.25) is 0 Å². The molecule has 0 aliphatic heterocycles. The van der Waals surface area contributed by atoms with Crippen molar-refractivity contribution in [2.75, 3.05) is 6.61 Å². The number of hydrogen-bond acceptors (Lipinski definition) is 2. The number of amides is 1. The lowest BCUT2D eigenvalue weighted by Crippen LogP contribution is -2.36. The molecule has 2 N–H and O–H groups in total. The Morgan fingerprint density at radius 1 is 1.00 bits per heavy atom. The molecule has 0 heterocycles. The van der Waals surface area contributed by atoms with Gasteiger partial charge in [-0.25, -0.2) is 0 Å². The van der Waals surface area contributed by atoms with E-state index in [2.05, 4.69) is 33.0 Å². The first kappa shape index (κ1) is 21.7. The van der Waals surface area contributed by atoms with Gasteiger partial charge in [0.05, 0.1) is 12.6 Å². The molecular weight excluding hydrogens is 250 g/mol. The lowest BCUT2D eigenvalue weighted by Gasteiger charge is -2.16. The highest BCUT2D eigenvalue weighted by atomic mass is 16.3. The fraction of sp³-hybridized carbons (Fsp3) is 0.941. The van der Waals surface area contributed by atoms with Gasteiger partial charge in [0.25, 0.3) is 0 Å². The van der Waals surface area contributed by atoms with Gasteiger partial charge in [0, 0.05) is 6.92 Å². The van der Waals surface area contributed by atoms with Gasteiger partial charge in [0.1, 0.15) is 0 Å². The predicted octanol–water partition coefficient (Wildman–Crippen LogP) is 4.29. The largest absolute Gasteiger partial charge is 0.394 e. The molecule has 0 aliphatic rings. The van der Waals surface area contributed by atoms with Gasteiger partial charge in [-0.2, -0.15) is 0 Å². The van der Waals surface area contributed by atoms with Gasteiger partial charge in [-0.15, -0.1) is 0 Å². The number of nitrogens with one attached hydrogen (secondary N) is 1. The number of carbonyl (C=O) groups is 1. The summed E-state index contributed by atoms with van der Waals surface area (Å²) in [5, 5.41) is 11.5. The second-order valence-electron chi connectivity index (χ2n) is 5.98. The first-order valence-electron chi connectivity index (χ1n) is 8.35.